The third kappa shape index (κ3) is 49.1. The first kappa shape index (κ1) is 66.4. The summed E-state index contributed by atoms with van der Waals surface area (Å²) in [5.41, 5.74) is 0. The summed E-state index contributed by atoms with van der Waals surface area (Å²) in [7, 11) is 4.92. The van der Waals surface area contributed by atoms with E-state index in [1.807, 2.05) is 60.7 Å². The van der Waals surface area contributed by atoms with Gasteiger partial charge in [-0.25, -0.2) is 0 Å². The minimum atomic E-state index is -0.851. The van der Waals surface area contributed by atoms with Crippen molar-refractivity contribution < 1.29 is 89.4 Å². The van der Waals surface area contributed by atoms with Gasteiger partial charge in [-0.15, -0.1) is 0 Å². The second-order valence-electron chi connectivity index (χ2n) is 3.92. The molecule has 0 spiro atoms. The van der Waals surface area contributed by atoms with E-state index in [-0.39, 0.29) is 34.1 Å². The molecule has 0 aromatic heterocycles. The van der Waals surface area contributed by atoms with Crippen molar-refractivity contribution in [3.63, 3.8) is 0 Å². The van der Waals surface area contributed by atoms with Crippen molar-refractivity contribution in [2.45, 2.75) is 0 Å². The quantitative estimate of drug-likeness (QED) is 0.196. The maximum atomic E-state index is 7.50. The van der Waals surface area contributed by atoms with Gasteiger partial charge < -0.3 is 18.1 Å². The largest absolute Gasteiger partial charge is 0 e. The standard InChI is InChI=1S/2C8H11O2P.8CO.2Mn/c2*1-9-11(10-2)8-6-4-3-5-7-8;8*1-2;;/h2*3-7H,1-2H3;;;;;;;;;;. The normalized spacial score (nSPS) is 6.15. The first-order valence-electron chi connectivity index (χ1n) is 8.26. The molecule has 0 aliphatic carbocycles. The van der Waals surface area contributed by atoms with E-state index in [0.717, 1.165) is 10.6 Å². The van der Waals surface area contributed by atoms with Gasteiger partial charge in [-0.2, -0.15) is 0 Å². The summed E-state index contributed by atoms with van der Waals surface area (Å²) in [5.74, 6) is 0. The average molecular weight is 674 g/mol. The van der Waals surface area contributed by atoms with Crippen LogP contribution in [0.15, 0.2) is 60.7 Å². The Hall–Kier alpha value is -1.90. The Morgan fingerprint density at radius 1 is 0.375 bits per heavy atom. The summed E-state index contributed by atoms with van der Waals surface area (Å²) < 4.78 is 80.5. The van der Waals surface area contributed by atoms with Crippen LogP contribution in [-0.4, -0.2) is 28.4 Å². The molecule has 0 aliphatic rings. The molecule has 0 saturated heterocycles. The van der Waals surface area contributed by atoms with Crippen molar-refractivity contribution in [3.8, 4) is 0 Å². The Balaban J connectivity index is -0.0000000363. The second kappa shape index (κ2) is 83.2. The van der Waals surface area contributed by atoms with Crippen LogP contribution in [0.4, 0.5) is 0 Å². The number of rotatable bonds is 6. The van der Waals surface area contributed by atoms with E-state index in [9.17, 15) is 0 Å². The maximum Gasteiger partial charge on any atom is 0 e. The molecule has 214 valence electrons. The van der Waals surface area contributed by atoms with Crippen LogP contribution in [0.2, 0.25) is 0 Å². The van der Waals surface area contributed by atoms with Gasteiger partial charge in [0.1, 0.15) is 0 Å². The van der Waals surface area contributed by atoms with E-state index < -0.39 is 16.8 Å². The summed E-state index contributed by atoms with van der Waals surface area (Å²) in [6.07, 6.45) is 0. The molecule has 0 fully saturated rings. The molecule has 16 heteroatoms. The zero-order valence-corrected chi connectivity index (χ0v) is 25.5. The van der Waals surface area contributed by atoms with Crippen LogP contribution < -0.4 is 10.6 Å². The van der Waals surface area contributed by atoms with Crippen molar-refractivity contribution in [3.05, 3.63) is 114 Å². The second-order valence-corrected chi connectivity index (χ2v) is 7.44. The molecular weight excluding hydrogens is 652 g/mol. The fourth-order valence-corrected chi connectivity index (χ4v) is 3.64. The van der Waals surface area contributed by atoms with Crippen molar-refractivity contribution in [2.75, 3.05) is 28.4 Å². The Labute approximate surface area is 258 Å². The molecule has 0 saturated carbocycles. The van der Waals surface area contributed by atoms with E-state index in [4.69, 9.17) is 55.3 Å². The molecule has 0 N–H and O–H groups in total. The molecule has 40 heavy (non-hydrogen) atoms. The Morgan fingerprint density at radius 3 is 0.650 bits per heavy atom. The molecule has 0 aliphatic heterocycles. The SMILES string of the molecule is COP(OC)c1ccccc1.COP(OC)c1ccccc1.[C-]#[O+].[C-]#[O+].[C-]#[O+].[C-]#[O+].[C-]#[O+].[C-]#[O+].[C-]#[O+].[C-]#[O+].[Mn].[Mn]. The predicted molar refractivity (Wildman–Crippen MR) is 125 cm³/mol. The van der Waals surface area contributed by atoms with Crippen LogP contribution in [0, 0.1) is 53.2 Å². The van der Waals surface area contributed by atoms with Crippen LogP contribution in [0.3, 0.4) is 0 Å². The van der Waals surface area contributed by atoms with Gasteiger partial charge >= 0.3 is 90.4 Å². The monoisotopic (exact) mass is 674 g/mol. The van der Waals surface area contributed by atoms with Gasteiger partial charge in [0.15, 0.2) is 0 Å². The van der Waals surface area contributed by atoms with Crippen LogP contribution in [0.25, 0.3) is 0 Å². The summed E-state index contributed by atoms with van der Waals surface area (Å²) >= 11 is 0. The summed E-state index contributed by atoms with van der Waals surface area (Å²) in [6, 6.07) is 19.8. The Kier molecular flexibility index (Phi) is 138. The maximum absolute atomic E-state index is 7.50. The van der Waals surface area contributed by atoms with Crippen LogP contribution in [-0.2, 0) is 89.4 Å². The zero-order valence-electron chi connectivity index (χ0n) is 21.3. The molecule has 2 aromatic rings. The first-order valence-corrected chi connectivity index (χ1v) is 10.6. The van der Waals surface area contributed by atoms with E-state index in [2.05, 4.69) is 53.2 Å². The molecule has 0 heterocycles. The first-order chi connectivity index (χ1) is 18.8. The third-order valence-electron chi connectivity index (χ3n) is 2.60. The molecule has 12 nitrogen and oxygen atoms in total. The number of hydrogen-bond acceptors (Lipinski definition) is 4. The zero-order chi connectivity index (χ0) is 32.2. The van der Waals surface area contributed by atoms with Crippen molar-refractivity contribution in [2.24, 2.45) is 0 Å². The molecule has 0 unspecified atom stereocenters. The van der Waals surface area contributed by atoms with E-state index >= 15 is 0 Å². The molecule has 2 radical (unpaired) electrons. The molecule has 0 atom stereocenters. The van der Waals surface area contributed by atoms with Gasteiger partial charge in [0, 0.05) is 73.2 Å². The van der Waals surface area contributed by atoms with Crippen LogP contribution in [0.1, 0.15) is 0 Å². The Bertz CT molecular complexity index is 714. The van der Waals surface area contributed by atoms with Crippen LogP contribution in [0.5, 0.6) is 0 Å². The average Bonchev–Trinajstić information content (AvgIpc) is 3.07. The number of benzene rings is 2. The van der Waals surface area contributed by atoms with Gasteiger partial charge in [0.25, 0.3) is 0 Å². The minimum absolute atomic E-state index is 0. The fraction of sp³-hybridized carbons (Fsp3) is 0.167. The Morgan fingerprint density at radius 2 is 0.525 bits per heavy atom. The van der Waals surface area contributed by atoms with Crippen molar-refractivity contribution in [1.29, 1.82) is 0 Å². The van der Waals surface area contributed by atoms with E-state index in [1.165, 1.54) is 0 Å². The van der Waals surface area contributed by atoms with E-state index in [0.29, 0.717) is 0 Å². The smallest absolute Gasteiger partial charge is 0 e. The number of hydrogen-bond donors (Lipinski definition) is 0. The molecule has 2 aromatic carbocycles. The fourth-order valence-electron chi connectivity index (χ4n) is 1.67. The minimum Gasteiger partial charge on any atom is 0 e. The summed E-state index contributed by atoms with van der Waals surface area (Å²) in [5, 5.41) is 2.21. The van der Waals surface area contributed by atoms with Gasteiger partial charge in [-0.1, -0.05) is 36.4 Å². The molecule has 2 rings (SSSR count). The van der Waals surface area contributed by atoms with E-state index in [1.54, 1.807) is 28.4 Å². The van der Waals surface area contributed by atoms with Crippen molar-refractivity contribution >= 4 is 27.4 Å². The van der Waals surface area contributed by atoms with Crippen molar-refractivity contribution in [1.82, 2.24) is 0 Å². The summed E-state index contributed by atoms with van der Waals surface area (Å²) in [6.45, 7) is 36.0. The third-order valence-corrected chi connectivity index (χ3v) is 5.36. The van der Waals surface area contributed by atoms with Gasteiger partial charge in [-0.05, 0) is 24.3 Å². The van der Waals surface area contributed by atoms with Gasteiger partial charge in [-0.3, -0.25) is 0 Å². The predicted octanol–water partition coefficient (Wildman–Crippen LogP) is 3.53. The topological polar surface area (TPSA) is 196 Å². The van der Waals surface area contributed by atoms with Gasteiger partial charge in [0.2, 0.25) is 16.8 Å². The molecule has 0 amide bonds. The molecule has 0 bridgehead atoms. The van der Waals surface area contributed by atoms with Crippen LogP contribution >= 0.6 is 16.8 Å². The van der Waals surface area contributed by atoms with Gasteiger partial charge in [0.05, 0.1) is 0 Å². The summed E-state index contributed by atoms with van der Waals surface area (Å²) in [4.78, 5) is 0. The molecular formula is C24H22Mn2O12P2.